The maximum absolute atomic E-state index is 15.1. The first kappa shape index (κ1) is 22.8. The molecule has 9 heteroatoms. The molecule has 2 aromatic heterocycles. The van der Waals surface area contributed by atoms with Crippen molar-refractivity contribution in [1.29, 1.82) is 0 Å². The minimum Gasteiger partial charge on any atom is -0.508 e. The Morgan fingerprint density at radius 2 is 2.03 bits per heavy atom. The molecule has 0 bridgehead atoms. The van der Waals surface area contributed by atoms with E-state index in [1.165, 1.54) is 12.1 Å². The molecule has 4 aromatic rings. The van der Waals surface area contributed by atoms with Gasteiger partial charge < -0.3 is 10.0 Å². The second-order valence-corrected chi connectivity index (χ2v) is 10.5. The molecule has 2 fully saturated rings. The predicted octanol–water partition coefficient (Wildman–Crippen LogP) is 5.56. The Labute approximate surface area is 212 Å². The molecule has 1 aliphatic heterocycles. The maximum Gasteiger partial charge on any atom is 0.245 e. The summed E-state index contributed by atoms with van der Waals surface area (Å²) in [4.78, 5) is 13.7. The van der Waals surface area contributed by atoms with E-state index < -0.39 is 5.82 Å². The van der Waals surface area contributed by atoms with E-state index in [2.05, 4.69) is 16.8 Å². The van der Waals surface area contributed by atoms with Gasteiger partial charge in [-0.15, -0.1) is 0 Å². The summed E-state index contributed by atoms with van der Waals surface area (Å²) >= 11 is 6.88. The van der Waals surface area contributed by atoms with Gasteiger partial charge in [0, 0.05) is 52.3 Å². The smallest absolute Gasteiger partial charge is 0.245 e. The van der Waals surface area contributed by atoms with Gasteiger partial charge in [-0.25, -0.2) is 4.39 Å². The fraction of sp³-hybridized carbons (Fsp3) is 0.296. The van der Waals surface area contributed by atoms with E-state index in [0.29, 0.717) is 16.3 Å². The van der Waals surface area contributed by atoms with Crippen LogP contribution in [0.3, 0.4) is 0 Å². The minimum absolute atomic E-state index is 0.0371. The SMILES string of the molecule is C=CC(=O)N1CC2(CC(n3nc(-c4ccc(O)cc4F)c(-c4c(Cl)c(C)cc5[nH]ncc45)c3C)C2)C1. The number of nitrogens with zero attached hydrogens (tertiary/aromatic N) is 4. The standard InChI is InChI=1S/C27H25ClFN5O2/c1-4-22(36)33-12-27(13-33)9-16(10-27)34-15(3)23(26(32-34)18-6-5-17(35)8-20(18)29)24-19-11-30-31-21(19)7-14(2)25(24)28/h4-8,11,16,35H,1,9-10,12-13H2,2-3H3,(H,30,31). The number of fused-ring (bicyclic) bond motifs is 1. The summed E-state index contributed by atoms with van der Waals surface area (Å²) in [5, 5.41) is 23.3. The highest BCUT2D eigenvalue weighted by Crippen LogP contribution is 2.55. The van der Waals surface area contributed by atoms with Crippen molar-refractivity contribution in [3.63, 3.8) is 0 Å². The van der Waals surface area contributed by atoms with Crippen LogP contribution < -0.4 is 0 Å². The number of aromatic nitrogens is 4. The van der Waals surface area contributed by atoms with Crippen molar-refractivity contribution in [3.8, 4) is 28.1 Å². The first-order valence-corrected chi connectivity index (χ1v) is 12.2. The zero-order chi connectivity index (χ0) is 25.4. The molecule has 2 aliphatic rings. The number of rotatable bonds is 4. The highest BCUT2D eigenvalue weighted by Gasteiger charge is 2.54. The second kappa shape index (κ2) is 7.93. The molecule has 0 unspecified atom stereocenters. The van der Waals surface area contributed by atoms with Crippen LogP contribution in [0.15, 0.2) is 43.1 Å². The van der Waals surface area contributed by atoms with E-state index in [9.17, 15) is 9.90 Å². The van der Waals surface area contributed by atoms with Crippen LogP contribution in [0.4, 0.5) is 4.39 Å². The topological polar surface area (TPSA) is 87.0 Å². The second-order valence-electron chi connectivity index (χ2n) is 10.1. The van der Waals surface area contributed by atoms with Crippen molar-refractivity contribution in [1.82, 2.24) is 24.9 Å². The molecule has 1 spiro atoms. The number of nitrogens with one attached hydrogen (secondary N) is 1. The lowest BCUT2D eigenvalue weighted by Crippen LogP contribution is -2.63. The number of phenols is 1. The van der Waals surface area contributed by atoms with Crippen molar-refractivity contribution in [2.75, 3.05) is 13.1 Å². The van der Waals surface area contributed by atoms with E-state index in [4.69, 9.17) is 16.7 Å². The summed E-state index contributed by atoms with van der Waals surface area (Å²) in [7, 11) is 0. The normalized spacial score (nSPS) is 16.8. The van der Waals surface area contributed by atoms with Gasteiger partial charge in [0.25, 0.3) is 0 Å². The summed E-state index contributed by atoms with van der Waals surface area (Å²) in [6.07, 6.45) is 4.85. The summed E-state index contributed by atoms with van der Waals surface area (Å²) in [6, 6.07) is 6.17. The van der Waals surface area contributed by atoms with Crippen molar-refractivity contribution in [3.05, 3.63) is 65.2 Å². The third-order valence-electron chi connectivity index (χ3n) is 7.69. The monoisotopic (exact) mass is 505 g/mol. The van der Waals surface area contributed by atoms with Gasteiger partial charge in [-0.2, -0.15) is 10.2 Å². The van der Waals surface area contributed by atoms with Gasteiger partial charge in [0.15, 0.2) is 0 Å². The van der Waals surface area contributed by atoms with Gasteiger partial charge >= 0.3 is 0 Å². The van der Waals surface area contributed by atoms with Gasteiger partial charge in [0.2, 0.25) is 5.91 Å². The molecule has 1 saturated carbocycles. The van der Waals surface area contributed by atoms with Gasteiger partial charge in [0.05, 0.1) is 22.8 Å². The zero-order valence-corrected chi connectivity index (χ0v) is 20.7. The lowest BCUT2D eigenvalue weighted by atomic mass is 9.60. The Kier molecular flexibility index (Phi) is 5.02. The molecule has 0 atom stereocenters. The maximum atomic E-state index is 15.1. The number of amides is 1. The van der Waals surface area contributed by atoms with Crippen molar-refractivity contribution in [2.24, 2.45) is 5.41 Å². The Balaban J connectivity index is 1.47. The van der Waals surface area contributed by atoms with Crippen molar-refractivity contribution >= 4 is 28.4 Å². The van der Waals surface area contributed by atoms with Crippen LogP contribution in [-0.4, -0.2) is 49.0 Å². The highest BCUT2D eigenvalue weighted by atomic mass is 35.5. The third kappa shape index (κ3) is 3.27. The predicted molar refractivity (Wildman–Crippen MR) is 136 cm³/mol. The molecular formula is C27H25ClFN5O2. The molecule has 1 saturated heterocycles. The zero-order valence-electron chi connectivity index (χ0n) is 20.0. The fourth-order valence-electron chi connectivity index (χ4n) is 5.92. The van der Waals surface area contributed by atoms with Crippen LogP contribution in [0.25, 0.3) is 33.3 Å². The van der Waals surface area contributed by atoms with E-state index >= 15 is 4.39 Å². The molecular weight excluding hydrogens is 481 g/mol. The molecule has 36 heavy (non-hydrogen) atoms. The number of likely N-dealkylation sites (tertiary alicyclic amines) is 1. The third-order valence-corrected chi connectivity index (χ3v) is 8.18. The van der Waals surface area contributed by atoms with E-state index in [0.717, 1.165) is 65.3 Å². The molecule has 184 valence electrons. The fourth-order valence-corrected chi connectivity index (χ4v) is 6.17. The number of phenolic OH excluding ortho intramolecular Hbond substituents is 1. The number of aromatic hydroxyl groups is 1. The summed E-state index contributed by atoms with van der Waals surface area (Å²) in [5.41, 5.74) is 4.95. The molecule has 2 N–H and O–H groups in total. The van der Waals surface area contributed by atoms with Crippen molar-refractivity contribution in [2.45, 2.75) is 32.7 Å². The number of carbonyl (C=O) groups excluding carboxylic acids is 1. The molecule has 1 aliphatic carbocycles. The minimum atomic E-state index is -0.559. The molecule has 7 nitrogen and oxygen atoms in total. The number of halogens is 2. The van der Waals surface area contributed by atoms with Crippen LogP contribution in [0.5, 0.6) is 5.75 Å². The number of aromatic amines is 1. The van der Waals surface area contributed by atoms with Crippen LogP contribution in [0, 0.1) is 25.1 Å². The lowest BCUT2D eigenvalue weighted by Gasteiger charge is -2.58. The lowest BCUT2D eigenvalue weighted by molar-refractivity contribution is -0.149. The van der Waals surface area contributed by atoms with Crippen LogP contribution >= 0.6 is 11.6 Å². The van der Waals surface area contributed by atoms with Crippen LogP contribution in [0.1, 0.15) is 30.1 Å². The number of aryl methyl sites for hydroxylation is 1. The van der Waals surface area contributed by atoms with Gasteiger partial charge in [0.1, 0.15) is 17.3 Å². The summed E-state index contributed by atoms with van der Waals surface area (Å²) in [6.45, 7) is 8.92. The molecule has 6 rings (SSSR count). The van der Waals surface area contributed by atoms with Gasteiger partial charge in [-0.05, 0) is 56.5 Å². The highest BCUT2D eigenvalue weighted by molar-refractivity contribution is 6.36. The van der Waals surface area contributed by atoms with Crippen LogP contribution in [-0.2, 0) is 4.79 Å². The van der Waals surface area contributed by atoms with Crippen molar-refractivity contribution < 1.29 is 14.3 Å². The van der Waals surface area contributed by atoms with Crippen LogP contribution in [0.2, 0.25) is 5.02 Å². The number of H-pyrrole nitrogens is 1. The molecule has 1 amide bonds. The number of carbonyl (C=O) groups is 1. The van der Waals surface area contributed by atoms with E-state index in [-0.39, 0.29) is 23.1 Å². The first-order chi connectivity index (χ1) is 17.2. The number of hydrogen-bond acceptors (Lipinski definition) is 4. The van der Waals surface area contributed by atoms with Gasteiger partial charge in [-0.3, -0.25) is 14.6 Å². The quantitative estimate of drug-likeness (QED) is 0.356. The average molecular weight is 506 g/mol. The molecule has 3 heterocycles. The Bertz CT molecular complexity index is 1560. The summed E-state index contributed by atoms with van der Waals surface area (Å²) < 4.78 is 17.1. The Hall–Kier alpha value is -3.65. The average Bonchev–Trinajstić information content (AvgIpc) is 3.37. The first-order valence-electron chi connectivity index (χ1n) is 11.8. The number of hydrogen-bond donors (Lipinski definition) is 2. The molecule has 0 radical (unpaired) electrons. The Morgan fingerprint density at radius 1 is 1.28 bits per heavy atom. The molecule has 2 aromatic carbocycles. The van der Waals surface area contributed by atoms with E-state index in [1.807, 2.05) is 29.5 Å². The Morgan fingerprint density at radius 3 is 2.72 bits per heavy atom. The van der Waals surface area contributed by atoms with E-state index in [1.54, 1.807) is 12.3 Å². The summed E-state index contributed by atoms with van der Waals surface area (Å²) in [5.74, 6) is -0.745. The largest absolute Gasteiger partial charge is 0.508 e. The number of benzene rings is 2. The van der Waals surface area contributed by atoms with Gasteiger partial charge in [-0.1, -0.05) is 18.2 Å².